The molecule has 1 aliphatic heterocycles. The van der Waals surface area contributed by atoms with Gasteiger partial charge in [-0.2, -0.15) is 0 Å². The van der Waals surface area contributed by atoms with Gasteiger partial charge in [0.25, 0.3) is 0 Å². The number of ether oxygens (including phenoxy) is 1. The van der Waals surface area contributed by atoms with E-state index in [-0.39, 0.29) is 17.6 Å². The van der Waals surface area contributed by atoms with Crippen LogP contribution in [0.15, 0.2) is 42.9 Å². The molecule has 2 fully saturated rings. The fourth-order valence-electron chi connectivity index (χ4n) is 4.03. The van der Waals surface area contributed by atoms with Gasteiger partial charge in [0.1, 0.15) is 11.9 Å². The Morgan fingerprint density at radius 3 is 2.52 bits per heavy atom. The summed E-state index contributed by atoms with van der Waals surface area (Å²) in [6.45, 7) is 2.32. The Balaban J connectivity index is 1.29. The first-order valence-corrected chi connectivity index (χ1v) is 8.64. The molecule has 130 valence electrons. The molecule has 2 aliphatic rings. The van der Waals surface area contributed by atoms with Gasteiger partial charge in [-0.1, -0.05) is 0 Å². The number of hydrogen-bond donors (Lipinski definition) is 1. The summed E-state index contributed by atoms with van der Waals surface area (Å²) in [5, 5.41) is 9.32. The van der Waals surface area contributed by atoms with Crippen molar-refractivity contribution in [3.63, 3.8) is 0 Å². The zero-order chi connectivity index (χ0) is 17.2. The maximum Gasteiger partial charge on any atom is 0.232 e. The van der Waals surface area contributed by atoms with Crippen LogP contribution < -0.4 is 4.74 Å². The SMILES string of the molecule is O=C(CN1CC2C[C@H](Oc3cnccn3)C[C@H]2C1)c1ccc(O)cc1. The third-order valence-electron chi connectivity index (χ3n) is 5.17. The van der Waals surface area contributed by atoms with Crippen LogP contribution in [-0.2, 0) is 0 Å². The number of ketones is 1. The minimum Gasteiger partial charge on any atom is -0.508 e. The van der Waals surface area contributed by atoms with Crippen molar-refractivity contribution in [3.8, 4) is 11.6 Å². The third kappa shape index (κ3) is 3.64. The molecular formula is C19H21N3O3. The number of carbonyl (C=O) groups excluding carboxylic acids is 1. The summed E-state index contributed by atoms with van der Waals surface area (Å²) >= 11 is 0. The van der Waals surface area contributed by atoms with Gasteiger partial charge in [0.15, 0.2) is 5.78 Å². The molecule has 1 aromatic carbocycles. The van der Waals surface area contributed by atoms with E-state index in [0.717, 1.165) is 25.9 Å². The molecule has 6 nitrogen and oxygen atoms in total. The molecule has 0 bridgehead atoms. The van der Waals surface area contributed by atoms with Crippen LogP contribution >= 0.6 is 0 Å². The molecule has 1 aliphatic carbocycles. The molecule has 1 N–H and O–H groups in total. The summed E-state index contributed by atoms with van der Waals surface area (Å²) in [6.07, 6.45) is 7.13. The number of likely N-dealkylation sites (tertiary alicyclic amines) is 1. The Labute approximate surface area is 146 Å². The second-order valence-electron chi connectivity index (χ2n) is 6.94. The van der Waals surface area contributed by atoms with E-state index in [9.17, 15) is 9.90 Å². The predicted molar refractivity (Wildman–Crippen MR) is 91.5 cm³/mol. The molecule has 1 saturated heterocycles. The average Bonchev–Trinajstić information content (AvgIpc) is 3.14. The first-order valence-electron chi connectivity index (χ1n) is 8.64. The van der Waals surface area contributed by atoms with E-state index in [1.54, 1.807) is 42.9 Å². The van der Waals surface area contributed by atoms with Gasteiger partial charge < -0.3 is 9.84 Å². The van der Waals surface area contributed by atoms with Crippen molar-refractivity contribution < 1.29 is 14.6 Å². The summed E-state index contributed by atoms with van der Waals surface area (Å²) in [4.78, 5) is 22.8. The highest BCUT2D eigenvalue weighted by Crippen LogP contribution is 2.39. The Kier molecular flexibility index (Phi) is 4.36. The van der Waals surface area contributed by atoms with Crippen molar-refractivity contribution in [1.82, 2.24) is 14.9 Å². The van der Waals surface area contributed by atoms with Crippen LogP contribution in [0.4, 0.5) is 0 Å². The first kappa shape index (κ1) is 16.0. The van der Waals surface area contributed by atoms with Gasteiger partial charge in [0, 0.05) is 31.0 Å². The van der Waals surface area contributed by atoms with Gasteiger partial charge in [-0.15, -0.1) is 0 Å². The van der Waals surface area contributed by atoms with E-state index >= 15 is 0 Å². The Bertz CT molecular complexity index is 721. The van der Waals surface area contributed by atoms with Crippen LogP contribution in [0.3, 0.4) is 0 Å². The van der Waals surface area contributed by atoms with E-state index in [4.69, 9.17) is 4.74 Å². The minimum absolute atomic E-state index is 0.104. The van der Waals surface area contributed by atoms with Gasteiger partial charge >= 0.3 is 0 Å². The fourth-order valence-corrected chi connectivity index (χ4v) is 4.03. The summed E-state index contributed by atoms with van der Waals surface area (Å²) < 4.78 is 5.93. The lowest BCUT2D eigenvalue weighted by atomic mass is 10.0. The number of aromatic nitrogens is 2. The van der Waals surface area contributed by atoms with E-state index in [1.807, 2.05) is 0 Å². The summed E-state index contributed by atoms with van der Waals surface area (Å²) in [5.41, 5.74) is 0.652. The van der Waals surface area contributed by atoms with Crippen LogP contribution in [-0.4, -0.2) is 51.5 Å². The number of Topliss-reactive ketones (excluding diaryl/α,β-unsaturated/α-hetero) is 1. The van der Waals surface area contributed by atoms with Gasteiger partial charge in [0.05, 0.1) is 12.7 Å². The average molecular weight is 339 g/mol. The van der Waals surface area contributed by atoms with Crippen molar-refractivity contribution >= 4 is 5.78 Å². The number of benzene rings is 1. The van der Waals surface area contributed by atoms with Crippen LogP contribution in [0.5, 0.6) is 11.6 Å². The maximum atomic E-state index is 12.4. The molecule has 1 unspecified atom stereocenters. The number of fused-ring (bicyclic) bond motifs is 1. The number of hydrogen-bond acceptors (Lipinski definition) is 6. The third-order valence-corrected chi connectivity index (χ3v) is 5.17. The minimum atomic E-state index is 0.104. The highest BCUT2D eigenvalue weighted by atomic mass is 16.5. The number of phenols is 1. The molecule has 1 aromatic heterocycles. The second kappa shape index (κ2) is 6.80. The van der Waals surface area contributed by atoms with E-state index in [2.05, 4.69) is 14.9 Å². The molecule has 6 heteroatoms. The topological polar surface area (TPSA) is 75.6 Å². The quantitative estimate of drug-likeness (QED) is 0.841. The highest BCUT2D eigenvalue weighted by molar-refractivity contribution is 5.97. The van der Waals surface area contributed by atoms with Crippen molar-refractivity contribution in [2.75, 3.05) is 19.6 Å². The largest absolute Gasteiger partial charge is 0.508 e. The van der Waals surface area contributed by atoms with E-state index in [1.165, 1.54) is 0 Å². The van der Waals surface area contributed by atoms with Crippen LogP contribution in [0, 0.1) is 11.8 Å². The molecule has 25 heavy (non-hydrogen) atoms. The summed E-state index contributed by atoms with van der Waals surface area (Å²) in [5.74, 6) is 2.03. The monoisotopic (exact) mass is 339 g/mol. The maximum absolute atomic E-state index is 12.4. The fraction of sp³-hybridized carbons (Fsp3) is 0.421. The van der Waals surface area contributed by atoms with Gasteiger partial charge in [-0.3, -0.25) is 14.7 Å². The molecule has 2 aromatic rings. The number of rotatable bonds is 5. The smallest absolute Gasteiger partial charge is 0.232 e. The Hall–Kier alpha value is -2.47. The first-order chi connectivity index (χ1) is 12.2. The van der Waals surface area contributed by atoms with Crippen LogP contribution in [0.2, 0.25) is 0 Å². The van der Waals surface area contributed by atoms with Crippen LogP contribution in [0.25, 0.3) is 0 Å². The molecule has 2 heterocycles. The lowest BCUT2D eigenvalue weighted by Gasteiger charge is -2.18. The molecule has 3 atom stereocenters. The van der Waals surface area contributed by atoms with Crippen molar-refractivity contribution in [2.24, 2.45) is 11.8 Å². The number of phenolic OH excluding ortho intramolecular Hbond substituents is 1. The molecule has 0 amide bonds. The van der Waals surface area contributed by atoms with E-state index < -0.39 is 0 Å². The lowest BCUT2D eigenvalue weighted by Crippen LogP contribution is -2.30. The molecular weight excluding hydrogens is 318 g/mol. The van der Waals surface area contributed by atoms with E-state index in [0.29, 0.717) is 29.8 Å². The molecule has 0 spiro atoms. The molecule has 4 rings (SSSR count). The van der Waals surface area contributed by atoms with Gasteiger partial charge in [-0.05, 0) is 48.9 Å². The van der Waals surface area contributed by atoms with Crippen molar-refractivity contribution in [1.29, 1.82) is 0 Å². The Morgan fingerprint density at radius 1 is 1.16 bits per heavy atom. The zero-order valence-corrected chi connectivity index (χ0v) is 13.9. The Morgan fingerprint density at radius 2 is 1.88 bits per heavy atom. The summed E-state index contributed by atoms with van der Waals surface area (Å²) in [6, 6.07) is 6.47. The van der Waals surface area contributed by atoms with Crippen molar-refractivity contribution in [3.05, 3.63) is 48.4 Å². The second-order valence-corrected chi connectivity index (χ2v) is 6.94. The van der Waals surface area contributed by atoms with Crippen LogP contribution in [0.1, 0.15) is 23.2 Å². The molecule has 0 radical (unpaired) electrons. The van der Waals surface area contributed by atoms with Crippen molar-refractivity contribution in [2.45, 2.75) is 18.9 Å². The standard InChI is InChI=1S/C19H21N3O3/c23-16-3-1-13(2-4-16)18(24)12-22-10-14-7-17(8-15(14)11-22)25-19-9-20-5-6-21-19/h1-6,9,14-15,17,23H,7-8,10-12H2/t14-,15?,17+/m0/s1. The number of aromatic hydroxyl groups is 1. The lowest BCUT2D eigenvalue weighted by molar-refractivity contribution is 0.0936. The highest BCUT2D eigenvalue weighted by Gasteiger charge is 2.42. The predicted octanol–water partition coefficient (Wildman–Crippen LogP) is 2.15. The normalized spacial score (nSPS) is 25.7. The summed E-state index contributed by atoms with van der Waals surface area (Å²) in [7, 11) is 0. The number of carbonyl (C=O) groups is 1. The molecule has 1 saturated carbocycles. The van der Waals surface area contributed by atoms with Gasteiger partial charge in [0.2, 0.25) is 5.88 Å². The zero-order valence-electron chi connectivity index (χ0n) is 13.9. The number of nitrogens with zero attached hydrogens (tertiary/aromatic N) is 3. The van der Waals surface area contributed by atoms with Gasteiger partial charge in [-0.25, -0.2) is 4.98 Å².